The van der Waals surface area contributed by atoms with Crippen molar-refractivity contribution in [1.82, 2.24) is 4.57 Å². The Kier molecular flexibility index (Phi) is 6.40. The Balaban J connectivity index is 1.58. The van der Waals surface area contributed by atoms with Crippen LogP contribution in [-0.2, 0) is 0 Å². The summed E-state index contributed by atoms with van der Waals surface area (Å²) in [6.07, 6.45) is 3.82. The number of ether oxygens (including phenoxy) is 2. The number of hydrogen-bond donors (Lipinski definition) is 2. The number of aromatic nitrogens is 1. The average Bonchev–Trinajstić information content (AvgIpc) is 3.40. The zero-order chi connectivity index (χ0) is 23.2. The molecule has 4 aromatic rings. The van der Waals surface area contributed by atoms with Crippen molar-refractivity contribution in [3.05, 3.63) is 102 Å². The fourth-order valence-electron chi connectivity index (χ4n) is 3.39. The second-order valence-corrected chi connectivity index (χ2v) is 7.17. The van der Waals surface area contributed by atoms with E-state index in [1.54, 1.807) is 48.5 Å². The van der Waals surface area contributed by atoms with E-state index >= 15 is 0 Å². The molecule has 33 heavy (non-hydrogen) atoms. The summed E-state index contributed by atoms with van der Waals surface area (Å²) in [5.74, 6) is 0.186. The van der Waals surface area contributed by atoms with Crippen molar-refractivity contribution in [2.45, 2.75) is 0 Å². The number of rotatable bonds is 7. The van der Waals surface area contributed by atoms with Gasteiger partial charge in [-0.2, -0.15) is 0 Å². The molecular formula is C26H23N3O4. The van der Waals surface area contributed by atoms with Crippen LogP contribution in [0.4, 0.5) is 11.4 Å². The first-order valence-corrected chi connectivity index (χ1v) is 10.3. The quantitative estimate of drug-likeness (QED) is 0.423. The van der Waals surface area contributed by atoms with Crippen molar-refractivity contribution < 1.29 is 19.1 Å². The van der Waals surface area contributed by atoms with Gasteiger partial charge in [0.15, 0.2) is 0 Å². The SMILES string of the molecule is COc1cc(NC(=O)c2cccc(-n3cccc3)c2)c(OC)cc1NC(=O)c1ccccc1. The summed E-state index contributed by atoms with van der Waals surface area (Å²) in [4.78, 5) is 25.5. The average molecular weight is 441 g/mol. The van der Waals surface area contributed by atoms with Gasteiger partial charge in [-0.05, 0) is 42.5 Å². The van der Waals surface area contributed by atoms with E-state index in [2.05, 4.69) is 10.6 Å². The number of carbonyl (C=O) groups is 2. The predicted molar refractivity (Wildman–Crippen MR) is 128 cm³/mol. The van der Waals surface area contributed by atoms with Crippen LogP contribution in [0.25, 0.3) is 5.69 Å². The highest BCUT2D eigenvalue weighted by Gasteiger charge is 2.17. The second kappa shape index (κ2) is 9.74. The van der Waals surface area contributed by atoms with Crippen LogP contribution in [0.2, 0.25) is 0 Å². The number of carbonyl (C=O) groups excluding carboxylic acids is 2. The van der Waals surface area contributed by atoms with Gasteiger partial charge in [0.05, 0.1) is 25.6 Å². The molecular weight excluding hydrogens is 418 g/mol. The van der Waals surface area contributed by atoms with Crippen molar-refractivity contribution in [2.24, 2.45) is 0 Å². The summed E-state index contributed by atoms with van der Waals surface area (Å²) < 4.78 is 12.8. The first-order valence-electron chi connectivity index (χ1n) is 10.3. The molecule has 3 aromatic carbocycles. The summed E-state index contributed by atoms with van der Waals surface area (Å²) in [7, 11) is 2.99. The number of benzene rings is 3. The van der Waals surface area contributed by atoms with E-state index in [0.29, 0.717) is 34.0 Å². The van der Waals surface area contributed by atoms with Gasteiger partial charge < -0.3 is 24.7 Å². The second-order valence-electron chi connectivity index (χ2n) is 7.17. The van der Waals surface area contributed by atoms with Crippen LogP contribution in [0.1, 0.15) is 20.7 Å². The van der Waals surface area contributed by atoms with E-state index in [9.17, 15) is 9.59 Å². The summed E-state index contributed by atoms with van der Waals surface area (Å²) >= 11 is 0. The Morgan fingerprint density at radius 1 is 0.667 bits per heavy atom. The number of amides is 2. The molecule has 1 heterocycles. The summed E-state index contributed by atoms with van der Waals surface area (Å²) in [6, 6.07) is 23.2. The molecule has 0 atom stereocenters. The van der Waals surface area contributed by atoms with Gasteiger partial charge in [0, 0.05) is 41.3 Å². The Morgan fingerprint density at radius 3 is 1.79 bits per heavy atom. The molecule has 0 spiro atoms. The maximum atomic E-state index is 13.0. The zero-order valence-electron chi connectivity index (χ0n) is 18.2. The largest absolute Gasteiger partial charge is 0.494 e. The van der Waals surface area contributed by atoms with Crippen LogP contribution in [-0.4, -0.2) is 30.6 Å². The Labute approximate surface area is 191 Å². The van der Waals surface area contributed by atoms with Crippen LogP contribution >= 0.6 is 0 Å². The van der Waals surface area contributed by atoms with Crippen LogP contribution in [0.3, 0.4) is 0 Å². The van der Waals surface area contributed by atoms with Gasteiger partial charge >= 0.3 is 0 Å². The lowest BCUT2D eigenvalue weighted by Crippen LogP contribution is -2.15. The summed E-state index contributed by atoms with van der Waals surface area (Å²) in [5, 5.41) is 5.70. The number of nitrogens with zero attached hydrogens (tertiary/aromatic N) is 1. The fraction of sp³-hybridized carbons (Fsp3) is 0.0769. The molecule has 166 valence electrons. The third-order valence-electron chi connectivity index (χ3n) is 5.06. The maximum absolute atomic E-state index is 13.0. The molecule has 0 saturated heterocycles. The normalized spacial score (nSPS) is 10.4. The van der Waals surface area contributed by atoms with E-state index in [1.807, 2.05) is 47.3 Å². The van der Waals surface area contributed by atoms with E-state index in [4.69, 9.17) is 9.47 Å². The van der Waals surface area contributed by atoms with Crippen LogP contribution in [0, 0.1) is 0 Å². The molecule has 1 aromatic heterocycles. The lowest BCUT2D eigenvalue weighted by Gasteiger charge is -2.16. The van der Waals surface area contributed by atoms with Crippen LogP contribution in [0.15, 0.2) is 91.3 Å². The standard InChI is InChI=1S/C26H23N3O4/c1-32-23-17-22(24(33-2)16-21(23)27-25(30)18-9-4-3-5-10-18)28-26(31)19-11-8-12-20(15-19)29-13-6-7-14-29/h3-17H,1-2H3,(H,27,30)(H,28,31). The number of methoxy groups -OCH3 is 2. The van der Waals surface area contributed by atoms with Crippen LogP contribution in [0.5, 0.6) is 11.5 Å². The molecule has 0 radical (unpaired) electrons. The monoisotopic (exact) mass is 441 g/mol. The van der Waals surface area contributed by atoms with Gasteiger partial charge in [-0.25, -0.2) is 0 Å². The topological polar surface area (TPSA) is 81.6 Å². The molecule has 4 rings (SSSR count). The highest BCUT2D eigenvalue weighted by Crippen LogP contribution is 2.37. The summed E-state index contributed by atoms with van der Waals surface area (Å²) in [6.45, 7) is 0. The van der Waals surface area contributed by atoms with E-state index in [1.165, 1.54) is 14.2 Å². The molecule has 7 nitrogen and oxygen atoms in total. The maximum Gasteiger partial charge on any atom is 0.255 e. The lowest BCUT2D eigenvalue weighted by molar-refractivity contribution is 0.101. The minimum atomic E-state index is -0.301. The van der Waals surface area contributed by atoms with Gasteiger partial charge in [0.25, 0.3) is 11.8 Å². The van der Waals surface area contributed by atoms with E-state index in [0.717, 1.165) is 5.69 Å². The predicted octanol–water partition coefficient (Wildman–Crippen LogP) is 5.00. The van der Waals surface area contributed by atoms with Gasteiger partial charge in [-0.3, -0.25) is 9.59 Å². The molecule has 7 heteroatoms. The molecule has 0 aliphatic heterocycles. The first-order chi connectivity index (χ1) is 16.1. The molecule has 0 saturated carbocycles. The molecule has 0 fully saturated rings. The smallest absolute Gasteiger partial charge is 0.255 e. The molecule has 2 N–H and O–H groups in total. The highest BCUT2D eigenvalue weighted by molar-refractivity contribution is 6.07. The van der Waals surface area contributed by atoms with E-state index in [-0.39, 0.29) is 11.8 Å². The van der Waals surface area contributed by atoms with Crippen molar-refractivity contribution in [3.63, 3.8) is 0 Å². The van der Waals surface area contributed by atoms with Gasteiger partial charge in [0.1, 0.15) is 11.5 Å². The summed E-state index contributed by atoms with van der Waals surface area (Å²) in [5.41, 5.74) is 2.72. The fourth-order valence-corrected chi connectivity index (χ4v) is 3.39. The third kappa shape index (κ3) is 4.88. The van der Waals surface area contributed by atoms with Crippen molar-refractivity contribution in [1.29, 1.82) is 0 Å². The molecule has 0 bridgehead atoms. The Hall–Kier alpha value is -4.52. The van der Waals surface area contributed by atoms with Crippen molar-refractivity contribution in [2.75, 3.05) is 24.9 Å². The molecule has 0 aliphatic carbocycles. The first kappa shape index (κ1) is 21.7. The lowest BCUT2D eigenvalue weighted by atomic mass is 10.1. The molecule has 2 amide bonds. The van der Waals surface area contributed by atoms with Crippen molar-refractivity contribution >= 4 is 23.2 Å². The van der Waals surface area contributed by atoms with Gasteiger partial charge in [-0.1, -0.05) is 24.3 Å². The third-order valence-corrected chi connectivity index (χ3v) is 5.06. The number of hydrogen-bond acceptors (Lipinski definition) is 4. The molecule has 0 aliphatic rings. The van der Waals surface area contributed by atoms with Crippen LogP contribution < -0.4 is 20.1 Å². The Bertz CT molecular complexity index is 1270. The highest BCUT2D eigenvalue weighted by atomic mass is 16.5. The molecule has 0 unspecified atom stereocenters. The number of nitrogens with one attached hydrogen (secondary N) is 2. The minimum absolute atomic E-state index is 0.283. The van der Waals surface area contributed by atoms with E-state index < -0.39 is 0 Å². The minimum Gasteiger partial charge on any atom is -0.494 e. The zero-order valence-corrected chi connectivity index (χ0v) is 18.2. The van der Waals surface area contributed by atoms with Crippen molar-refractivity contribution in [3.8, 4) is 17.2 Å². The Morgan fingerprint density at radius 2 is 1.21 bits per heavy atom. The van der Waals surface area contributed by atoms with Gasteiger partial charge in [0.2, 0.25) is 0 Å². The van der Waals surface area contributed by atoms with Gasteiger partial charge in [-0.15, -0.1) is 0 Å². The number of anilines is 2.